The molecule has 1 aromatic heterocycles. The zero-order valence-corrected chi connectivity index (χ0v) is 16.7. The third-order valence-electron chi connectivity index (χ3n) is 5.31. The normalized spacial score (nSPS) is 11.5. The van der Waals surface area contributed by atoms with Crippen LogP contribution in [0, 0.1) is 6.92 Å². The standard InChI is InChI=1S/C24H30N2/c1-6-19(7-2)23-12-11-22(16-24(23)26-14-13-18(5)25-26)21-10-8-9-20(15-21)17(3)4/h8-17,19H,6-7H2,1-5H3. The van der Waals surface area contributed by atoms with Crippen molar-refractivity contribution >= 4 is 0 Å². The van der Waals surface area contributed by atoms with E-state index in [0.717, 1.165) is 18.5 Å². The Bertz CT molecular complexity index is 869. The average Bonchev–Trinajstić information content (AvgIpc) is 3.09. The molecule has 2 nitrogen and oxygen atoms in total. The number of benzene rings is 2. The van der Waals surface area contributed by atoms with Gasteiger partial charge in [0, 0.05) is 6.20 Å². The Morgan fingerprint density at radius 1 is 0.923 bits per heavy atom. The van der Waals surface area contributed by atoms with Gasteiger partial charge in [0.15, 0.2) is 0 Å². The number of aromatic nitrogens is 2. The summed E-state index contributed by atoms with van der Waals surface area (Å²) in [6, 6.07) is 17.9. The molecule has 2 heteroatoms. The summed E-state index contributed by atoms with van der Waals surface area (Å²) in [5.74, 6) is 1.09. The summed E-state index contributed by atoms with van der Waals surface area (Å²) in [7, 11) is 0. The lowest BCUT2D eigenvalue weighted by molar-refractivity contribution is 0.634. The summed E-state index contributed by atoms with van der Waals surface area (Å²) < 4.78 is 2.04. The fourth-order valence-electron chi connectivity index (χ4n) is 3.62. The molecule has 0 saturated heterocycles. The molecule has 0 aliphatic rings. The largest absolute Gasteiger partial charge is 0.240 e. The van der Waals surface area contributed by atoms with Gasteiger partial charge in [0.25, 0.3) is 0 Å². The van der Waals surface area contributed by atoms with Crippen LogP contribution >= 0.6 is 0 Å². The molecule has 26 heavy (non-hydrogen) atoms. The van der Waals surface area contributed by atoms with E-state index >= 15 is 0 Å². The minimum Gasteiger partial charge on any atom is -0.240 e. The van der Waals surface area contributed by atoms with E-state index < -0.39 is 0 Å². The van der Waals surface area contributed by atoms with Crippen molar-refractivity contribution in [1.82, 2.24) is 9.78 Å². The predicted molar refractivity (Wildman–Crippen MR) is 111 cm³/mol. The molecule has 0 radical (unpaired) electrons. The van der Waals surface area contributed by atoms with Crippen molar-refractivity contribution in [1.29, 1.82) is 0 Å². The van der Waals surface area contributed by atoms with Crippen LogP contribution in [0.2, 0.25) is 0 Å². The van der Waals surface area contributed by atoms with Crippen molar-refractivity contribution < 1.29 is 0 Å². The van der Waals surface area contributed by atoms with Gasteiger partial charge in [-0.15, -0.1) is 0 Å². The van der Waals surface area contributed by atoms with Gasteiger partial charge in [0.1, 0.15) is 0 Å². The maximum atomic E-state index is 4.69. The number of hydrogen-bond donors (Lipinski definition) is 0. The van der Waals surface area contributed by atoms with E-state index in [1.54, 1.807) is 0 Å². The number of hydrogen-bond acceptors (Lipinski definition) is 1. The minimum absolute atomic E-state index is 0.534. The Hall–Kier alpha value is -2.35. The molecule has 0 amide bonds. The first-order valence-electron chi connectivity index (χ1n) is 9.80. The van der Waals surface area contributed by atoms with Gasteiger partial charge in [-0.05, 0) is 66.0 Å². The van der Waals surface area contributed by atoms with Crippen molar-refractivity contribution in [2.24, 2.45) is 0 Å². The minimum atomic E-state index is 0.534. The van der Waals surface area contributed by atoms with Gasteiger partial charge >= 0.3 is 0 Å². The van der Waals surface area contributed by atoms with Crippen LogP contribution in [0.3, 0.4) is 0 Å². The second-order valence-corrected chi connectivity index (χ2v) is 7.47. The van der Waals surface area contributed by atoms with E-state index in [-0.39, 0.29) is 0 Å². The SMILES string of the molecule is CCC(CC)c1ccc(-c2cccc(C(C)C)c2)cc1-n1ccc(C)n1. The van der Waals surface area contributed by atoms with Crippen LogP contribution in [-0.2, 0) is 0 Å². The van der Waals surface area contributed by atoms with Crippen molar-refractivity contribution in [2.75, 3.05) is 0 Å². The van der Waals surface area contributed by atoms with Gasteiger partial charge in [-0.25, -0.2) is 4.68 Å². The summed E-state index contributed by atoms with van der Waals surface area (Å²) in [5.41, 5.74) is 7.56. The summed E-state index contributed by atoms with van der Waals surface area (Å²) >= 11 is 0. The van der Waals surface area contributed by atoms with Gasteiger partial charge in [-0.1, -0.05) is 64.1 Å². The van der Waals surface area contributed by atoms with Gasteiger partial charge in [-0.2, -0.15) is 5.10 Å². The van der Waals surface area contributed by atoms with Crippen LogP contribution in [0.1, 0.15) is 69.2 Å². The van der Waals surface area contributed by atoms with E-state index in [9.17, 15) is 0 Å². The van der Waals surface area contributed by atoms with E-state index in [0.29, 0.717) is 11.8 Å². The number of aryl methyl sites for hydroxylation is 1. The lowest BCUT2D eigenvalue weighted by Crippen LogP contribution is -2.05. The van der Waals surface area contributed by atoms with Crippen LogP contribution in [0.25, 0.3) is 16.8 Å². The molecule has 3 rings (SSSR count). The average molecular weight is 347 g/mol. The molecule has 0 spiro atoms. The Morgan fingerprint density at radius 2 is 1.65 bits per heavy atom. The maximum absolute atomic E-state index is 4.69. The molecule has 0 aliphatic heterocycles. The number of rotatable bonds is 6. The number of nitrogens with zero attached hydrogens (tertiary/aromatic N) is 2. The highest BCUT2D eigenvalue weighted by molar-refractivity contribution is 5.68. The highest BCUT2D eigenvalue weighted by atomic mass is 15.3. The van der Waals surface area contributed by atoms with E-state index in [1.807, 2.05) is 11.6 Å². The molecule has 0 unspecified atom stereocenters. The Kier molecular flexibility index (Phi) is 5.61. The van der Waals surface area contributed by atoms with Crippen molar-refractivity contribution in [2.45, 2.75) is 59.3 Å². The lowest BCUT2D eigenvalue weighted by atomic mass is 9.90. The first-order chi connectivity index (χ1) is 12.5. The summed E-state index contributed by atoms with van der Waals surface area (Å²) in [6.45, 7) is 11.1. The first kappa shape index (κ1) is 18.4. The highest BCUT2D eigenvalue weighted by Crippen LogP contribution is 2.33. The van der Waals surface area contributed by atoms with Crippen LogP contribution in [-0.4, -0.2) is 9.78 Å². The Morgan fingerprint density at radius 3 is 2.27 bits per heavy atom. The monoisotopic (exact) mass is 346 g/mol. The zero-order chi connectivity index (χ0) is 18.7. The lowest BCUT2D eigenvalue weighted by Gasteiger charge is -2.19. The third-order valence-corrected chi connectivity index (χ3v) is 5.31. The van der Waals surface area contributed by atoms with E-state index in [4.69, 9.17) is 0 Å². The topological polar surface area (TPSA) is 17.8 Å². The fourth-order valence-corrected chi connectivity index (χ4v) is 3.62. The maximum Gasteiger partial charge on any atom is 0.0686 e. The Balaban J connectivity index is 2.13. The van der Waals surface area contributed by atoms with Crippen LogP contribution < -0.4 is 0 Å². The second-order valence-electron chi connectivity index (χ2n) is 7.47. The second kappa shape index (κ2) is 7.90. The third kappa shape index (κ3) is 3.75. The van der Waals surface area contributed by atoms with E-state index in [2.05, 4.69) is 87.5 Å². The van der Waals surface area contributed by atoms with Crippen molar-refractivity contribution in [3.63, 3.8) is 0 Å². The molecular weight excluding hydrogens is 316 g/mol. The molecule has 0 aliphatic carbocycles. The molecule has 136 valence electrons. The van der Waals surface area contributed by atoms with Gasteiger partial charge in [0.05, 0.1) is 11.4 Å². The summed E-state index contributed by atoms with van der Waals surface area (Å²) in [4.78, 5) is 0. The van der Waals surface area contributed by atoms with Gasteiger partial charge in [-0.3, -0.25) is 0 Å². The summed E-state index contributed by atoms with van der Waals surface area (Å²) in [6.07, 6.45) is 4.36. The quantitative estimate of drug-likeness (QED) is 0.476. The smallest absolute Gasteiger partial charge is 0.0686 e. The highest BCUT2D eigenvalue weighted by Gasteiger charge is 2.15. The molecule has 2 aromatic carbocycles. The molecule has 0 saturated carbocycles. The summed E-state index contributed by atoms with van der Waals surface area (Å²) in [5, 5.41) is 4.69. The molecular formula is C24H30N2. The van der Waals surface area contributed by atoms with Gasteiger partial charge in [0.2, 0.25) is 0 Å². The fraction of sp³-hybridized carbons (Fsp3) is 0.375. The van der Waals surface area contributed by atoms with Crippen molar-refractivity contribution in [3.8, 4) is 16.8 Å². The predicted octanol–water partition coefficient (Wildman–Crippen LogP) is 6.87. The first-order valence-corrected chi connectivity index (χ1v) is 9.80. The molecule has 0 atom stereocenters. The zero-order valence-electron chi connectivity index (χ0n) is 16.7. The van der Waals surface area contributed by atoms with Crippen LogP contribution in [0.15, 0.2) is 54.7 Å². The molecule has 0 N–H and O–H groups in total. The molecule has 0 fully saturated rings. The van der Waals surface area contributed by atoms with Gasteiger partial charge < -0.3 is 0 Å². The molecule has 3 aromatic rings. The van der Waals surface area contributed by atoms with Crippen molar-refractivity contribution in [3.05, 3.63) is 71.5 Å². The Labute approximate surface area is 157 Å². The van der Waals surface area contributed by atoms with Crippen LogP contribution in [0.5, 0.6) is 0 Å². The van der Waals surface area contributed by atoms with E-state index in [1.165, 1.54) is 27.9 Å². The van der Waals surface area contributed by atoms with Crippen LogP contribution in [0.4, 0.5) is 0 Å². The molecule has 1 heterocycles. The molecule has 0 bridgehead atoms.